The van der Waals surface area contributed by atoms with Gasteiger partial charge in [-0.1, -0.05) is 31.2 Å². The molecule has 0 aliphatic carbocycles. The number of carbonyl (C=O) groups is 1. The van der Waals surface area contributed by atoms with Crippen LogP contribution in [0.1, 0.15) is 42.1 Å². The number of ether oxygens (including phenoxy) is 1. The van der Waals surface area contributed by atoms with Crippen molar-refractivity contribution in [2.45, 2.75) is 25.4 Å². The fraction of sp³-hybridized carbons (Fsp3) is 0.278. The van der Waals surface area contributed by atoms with Crippen LogP contribution in [-0.2, 0) is 4.79 Å². The molecule has 114 valence electrons. The molecule has 22 heavy (non-hydrogen) atoms. The molecule has 2 aromatic carbocycles. The Kier molecular flexibility index (Phi) is 3.86. The summed E-state index contributed by atoms with van der Waals surface area (Å²) in [5, 5.41) is 13.6. The van der Waals surface area contributed by atoms with E-state index in [9.17, 15) is 9.90 Å². The molecule has 1 amide bonds. The Hall–Kier alpha value is -2.33. The molecule has 2 aromatic rings. The van der Waals surface area contributed by atoms with Crippen molar-refractivity contribution < 1.29 is 14.6 Å². The molecule has 0 radical (unpaired) electrons. The van der Waals surface area contributed by atoms with E-state index in [0.717, 1.165) is 28.8 Å². The van der Waals surface area contributed by atoms with E-state index in [2.05, 4.69) is 5.32 Å². The first kappa shape index (κ1) is 14.6. The van der Waals surface area contributed by atoms with Crippen LogP contribution in [0.3, 0.4) is 0 Å². The van der Waals surface area contributed by atoms with E-state index in [1.165, 1.54) is 0 Å². The minimum atomic E-state index is -0.783. The maximum atomic E-state index is 11.9. The number of anilines is 1. The standard InChI is InChI=1S/C18H19NO3/c1-3-12-14-10-11(8-9-15(14)19-18(12)21)17(20)13-6-4-5-7-16(13)22-2/h4-10,12,17,20H,3H2,1-2H3,(H,19,21). The van der Waals surface area contributed by atoms with Crippen LogP contribution in [-0.4, -0.2) is 18.1 Å². The Balaban J connectivity index is 2.00. The lowest BCUT2D eigenvalue weighted by molar-refractivity contribution is -0.117. The molecule has 1 aliphatic heterocycles. The monoisotopic (exact) mass is 297 g/mol. The van der Waals surface area contributed by atoms with Crippen molar-refractivity contribution in [2.24, 2.45) is 0 Å². The highest BCUT2D eigenvalue weighted by Crippen LogP contribution is 2.38. The first-order chi connectivity index (χ1) is 10.7. The van der Waals surface area contributed by atoms with Crippen molar-refractivity contribution in [2.75, 3.05) is 12.4 Å². The van der Waals surface area contributed by atoms with Crippen molar-refractivity contribution in [3.63, 3.8) is 0 Å². The molecule has 0 saturated heterocycles. The van der Waals surface area contributed by atoms with Gasteiger partial charge in [-0.25, -0.2) is 0 Å². The minimum Gasteiger partial charge on any atom is -0.496 e. The van der Waals surface area contributed by atoms with Gasteiger partial charge in [0.05, 0.1) is 13.0 Å². The lowest BCUT2D eigenvalue weighted by atomic mass is 9.93. The maximum Gasteiger partial charge on any atom is 0.231 e. The van der Waals surface area contributed by atoms with E-state index in [0.29, 0.717) is 5.75 Å². The average molecular weight is 297 g/mol. The Morgan fingerprint density at radius 2 is 2.05 bits per heavy atom. The summed E-state index contributed by atoms with van der Waals surface area (Å²) in [5.41, 5.74) is 3.28. The van der Waals surface area contributed by atoms with Gasteiger partial charge in [0.1, 0.15) is 11.9 Å². The summed E-state index contributed by atoms with van der Waals surface area (Å²) in [7, 11) is 1.59. The van der Waals surface area contributed by atoms with E-state index < -0.39 is 6.10 Å². The summed E-state index contributed by atoms with van der Waals surface area (Å²) in [6.07, 6.45) is -0.0396. The second-order valence-electron chi connectivity index (χ2n) is 5.44. The summed E-state index contributed by atoms with van der Waals surface area (Å²) >= 11 is 0. The van der Waals surface area contributed by atoms with Gasteiger partial charge in [0, 0.05) is 11.3 Å². The van der Waals surface area contributed by atoms with Crippen molar-refractivity contribution in [1.82, 2.24) is 0 Å². The molecular weight excluding hydrogens is 278 g/mol. The highest BCUT2D eigenvalue weighted by Gasteiger charge is 2.30. The summed E-state index contributed by atoms with van der Waals surface area (Å²) in [6, 6.07) is 13.0. The number of nitrogens with one attached hydrogen (secondary N) is 1. The van der Waals surface area contributed by atoms with E-state index in [-0.39, 0.29) is 11.8 Å². The number of amides is 1. The van der Waals surface area contributed by atoms with Gasteiger partial charge in [0.15, 0.2) is 0 Å². The Labute approximate surface area is 129 Å². The minimum absolute atomic E-state index is 0.0291. The number of carbonyl (C=O) groups excluding carboxylic acids is 1. The van der Waals surface area contributed by atoms with E-state index in [4.69, 9.17) is 4.74 Å². The van der Waals surface area contributed by atoms with Gasteiger partial charge in [-0.3, -0.25) is 4.79 Å². The number of fused-ring (bicyclic) bond motifs is 1. The van der Waals surface area contributed by atoms with E-state index in [1.54, 1.807) is 7.11 Å². The van der Waals surface area contributed by atoms with Gasteiger partial charge >= 0.3 is 0 Å². The van der Waals surface area contributed by atoms with Crippen LogP contribution in [0.2, 0.25) is 0 Å². The molecule has 0 aromatic heterocycles. The molecule has 2 N–H and O–H groups in total. The molecule has 4 heteroatoms. The molecule has 0 saturated carbocycles. The van der Waals surface area contributed by atoms with Gasteiger partial charge in [-0.2, -0.15) is 0 Å². The molecule has 2 unspecified atom stereocenters. The molecule has 3 rings (SSSR count). The largest absolute Gasteiger partial charge is 0.496 e. The van der Waals surface area contributed by atoms with Crippen LogP contribution in [0.25, 0.3) is 0 Å². The molecule has 0 bridgehead atoms. The molecular formula is C18H19NO3. The molecule has 1 aliphatic rings. The van der Waals surface area contributed by atoms with Gasteiger partial charge in [-0.15, -0.1) is 0 Å². The van der Waals surface area contributed by atoms with Gasteiger partial charge in [-0.05, 0) is 35.7 Å². The fourth-order valence-corrected chi connectivity index (χ4v) is 2.99. The Morgan fingerprint density at radius 3 is 2.77 bits per heavy atom. The lowest BCUT2D eigenvalue weighted by Crippen LogP contribution is -2.10. The maximum absolute atomic E-state index is 11.9. The molecule has 1 heterocycles. The number of benzene rings is 2. The number of methoxy groups -OCH3 is 1. The van der Waals surface area contributed by atoms with Crippen LogP contribution in [0.4, 0.5) is 5.69 Å². The van der Waals surface area contributed by atoms with Gasteiger partial charge < -0.3 is 15.2 Å². The predicted molar refractivity (Wildman–Crippen MR) is 85.2 cm³/mol. The summed E-state index contributed by atoms with van der Waals surface area (Å²) < 4.78 is 5.31. The summed E-state index contributed by atoms with van der Waals surface area (Å²) in [6.45, 7) is 1.99. The highest BCUT2D eigenvalue weighted by atomic mass is 16.5. The van der Waals surface area contributed by atoms with E-state index in [1.807, 2.05) is 49.4 Å². The second kappa shape index (κ2) is 5.81. The lowest BCUT2D eigenvalue weighted by Gasteiger charge is -2.16. The van der Waals surface area contributed by atoms with E-state index >= 15 is 0 Å². The summed E-state index contributed by atoms with van der Waals surface area (Å²) in [5.74, 6) is 0.540. The normalized spacial score (nSPS) is 17.8. The van der Waals surface area contributed by atoms with Crippen molar-refractivity contribution in [3.8, 4) is 5.75 Å². The van der Waals surface area contributed by atoms with Crippen LogP contribution in [0, 0.1) is 0 Å². The third kappa shape index (κ3) is 2.35. The fourth-order valence-electron chi connectivity index (χ4n) is 2.99. The van der Waals surface area contributed by atoms with Crippen molar-refractivity contribution in [3.05, 3.63) is 59.2 Å². The smallest absolute Gasteiger partial charge is 0.231 e. The number of hydrogen-bond donors (Lipinski definition) is 2. The predicted octanol–water partition coefficient (Wildman–Crippen LogP) is 3.22. The number of hydrogen-bond acceptors (Lipinski definition) is 3. The highest BCUT2D eigenvalue weighted by molar-refractivity contribution is 6.02. The third-order valence-electron chi connectivity index (χ3n) is 4.18. The van der Waals surface area contributed by atoms with Crippen LogP contribution in [0.5, 0.6) is 5.75 Å². The molecule has 0 spiro atoms. The zero-order valence-electron chi connectivity index (χ0n) is 12.7. The van der Waals surface area contributed by atoms with Crippen molar-refractivity contribution in [1.29, 1.82) is 0 Å². The van der Waals surface area contributed by atoms with Crippen LogP contribution >= 0.6 is 0 Å². The molecule has 2 atom stereocenters. The van der Waals surface area contributed by atoms with Crippen LogP contribution in [0.15, 0.2) is 42.5 Å². The topological polar surface area (TPSA) is 58.6 Å². The number of aliphatic hydroxyl groups is 1. The van der Waals surface area contributed by atoms with Gasteiger partial charge in [0.2, 0.25) is 5.91 Å². The zero-order valence-corrected chi connectivity index (χ0v) is 12.7. The average Bonchev–Trinajstić information content (AvgIpc) is 2.88. The van der Waals surface area contributed by atoms with Gasteiger partial charge in [0.25, 0.3) is 0 Å². The second-order valence-corrected chi connectivity index (χ2v) is 5.44. The number of aliphatic hydroxyl groups excluding tert-OH is 1. The Morgan fingerprint density at radius 1 is 1.27 bits per heavy atom. The van der Waals surface area contributed by atoms with Crippen LogP contribution < -0.4 is 10.1 Å². The number of para-hydroxylation sites is 1. The summed E-state index contributed by atoms with van der Waals surface area (Å²) in [4.78, 5) is 11.9. The quantitative estimate of drug-likeness (QED) is 0.911. The first-order valence-corrected chi connectivity index (χ1v) is 7.41. The number of rotatable bonds is 4. The first-order valence-electron chi connectivity index (χ1n) is 7.41. The SMILES string of the molecule is CCC1C(=O)Nc2ccc(C(O)c3ccccc3OC)cc21. The molecule has 0 fully saturated rings. The zero-order chi connectivity index (χ0) is 15.7. The molecule has 4 nitrogen and oxygen atoms in total. The third-order valence-corrected chi connectivity index (χ3v) is 4.18. The van der Waals surface area contributed by atoms with Crippen molar-refractivity contribution >= 4 is 11.6 Å². The Bertz CT molecular complexity index is 711.